The first-order valence-corrected chi connectivity index (χ1v) is 7.25. The zero-order valence-electron chi connectivity index (χ0n) is 11.2. The molecule has 1 aliphatic rings. The number of nitrogens with zero attached hydrogens (tertiary/aromatic N) is 1. The number of rotatable bonds is 4. The number of hydrogen-bond donors (Lipinski definition) is 2. The monoisotopic (exact) mass is 255 g/mol. The first-order valence-electron chi connectivity index (χ1n) is 7.25. The van der Waals surface area contributed by atoms with Gasteiger partial charge >= 0.3 is 0 Å². The number of hydrogen-bond acceptors (Lipinski definition) is 2. The molecule has 0 unspecified atom stereocenters. The van der Waals surface area contributed by atoms with Gasteiger partial charge in [0.15, 0.2) is 0 Å². The maximum atomic E-state index is 4.65. The lowest BCUT2D eigenvalue weighted by molar-refractivity contribution is 0.369. The molecule has 0 bridgehead atoms. The molecule has 1 fully saturated rings. The molecule has 2 aromatic rings. The lowest BCUT2D eigenvalue weighted by atomic mass is 9.95. The van der Waals surface area contributed by atoms with E-state index in [1.54, 1.807) is 0 Å². The van der Waals surface area contributed by atoms with E-state index < -0.39 is 0 Å². The average Bonchev–Trinajstić information content (AvgIpc) is 2.96. The van der Waals surface area contributed by atoms with Gasteiger partial charge in [0.2, 0.25) is 0 Å². The molecule has 0 aliphatic heterocycles. The van der Waals surface area contributed by atoms with Gasteiger partial charge in [-0.25, -0.2) is 4.98 Å². The minimum Gasteiger partial charge on any atom is -0.347 e. The SMILES string of the molecule is c1ccc(-c2c[nH]c(CNC3CCCCC3)n2)cc1. The largest absolute Gasteiger partial charge is 0.347 e. The Balaban J connectivity index is 1.59. The van der Waals surface area contributed by atoms with Gasteiger partial charge < -0.3 is 10.3 Å². The highest BCUT2D eigenvalue weighted by Crippen LogP contribution is 2.18. The maximum absolute atomic E-state index is 4.65. The highest BCUT2D eigenvalue weighted by molar-refractivity contribution is 5.57. The molecule has 2 N–H and O–H groups in total. The third-order valence-corrected chi connectivity index (χ3v) is 3.86. The summed E-state index contributed by atoms with van der Waals surface area (Å²) in [4.78, 5) is 7.92. The summed E-state index contributed by atoms with van der Waals surface area (Å²) in [6.45, 7) is 0.845. The van der Waals surface area contributed by atoms with Crippen molar-refractivity contribution in [3.8, 4) is 11.3 Å². The van der Waals surface area contributed by atoms with Crippen molar-refractivity contribution in [3.63, 3.8) is 0 Å². The lowest BCUT2D eigenvalue weighted by Gasteiger charge is -2.22. The average molecular weight is 255 g/mol. The molecule has 3 heteroatoms. The van der Waals surface area contributed by atoms with Gasteiger partial charge in [-0.15, -0.1) is 0 Å². The van der Waals surface area contributed by atoms with E-state index in [1.807, 2.05) is 24.4 Å². The van der Waals surface area contributed by atoms with E-state index in [4.69, 9.17) is 0 Å². The van der Waals surface area contributed by atoms with E-state index in [9.17, 15) is 0 Å². The van der Waals surface area contributed by atoms with Gasteiger partial charge in [-0.05, 0) is 12.8 Å². The molecule has 3 rings (SSSR count). The van der Waals surface area contributed by atoms with E-state index in [2.05, 4.69) is 27.4 Å². The Morgan fingerprint density at radius 2 is 1.89 bits per heavy atom. The molecule has 1 saturated carbocycles. The van der Waals surface area contributed by atoms with Gasteiger partial charge in [0.05, 0.1) is 12.2 Å². The molecule has 0 amide bonds. The highest BCUT2D eigenvalue weighted by atomic mass is 15.0. The van der Waals surface area contributed by atoms with Crippen LogP contribution in [0.4, 0.5) is 0 Å². The van der Waals surface area contributed by atoms with E-state index >= 15 is 0 Å². The molecule has 0 atom stereocenters. The number of H-pyrrole nitrogens is 1. The van der Waals surface area contributed by atoms with Crippen molar-refractivity contribution < 1.29 is 0 Å². The first-order chi connectivity index (χ1) is 9.42. The maximum Gasteiger partial charge on any atom is 0.120 e. The molecule has 0 spiro atoms. The molecule has 1 aliphatic carbocycles. The van der Waals surface area contributed by atoms with Gasteiger partial charge in [-0.2, -0.15) is 0 Å². The quantitative estimate of drug-likeness (QED) is 0.878. The predicted octanol–water partition coefficient (Wildman–Crippen LogP) is 3.50. The number of aromatic amines is 1. The van der Waals surface area contributed by atoms with Crippen molar-refractivity contribution in [2.75, 3.05) is 0 Å². The summed E-state index contributed by atoms with van der Waals surface area (Å²) >= 11 is 0. The van der Waals surface area contributed by atoms with Gasteiger partial charge in [0, 0.05) is 17.8 Å². The fourth-order valence-corrected chi connectivity index (χ4v) is 2.76. The van der Waals surface area contributed by atoms with E-state index in [0.29, 0.717) is 6.04 Å². The molecule has 1 aromatic heterocycles. The Hall–Kier alpha value is -1.61. The molecule has 1 aromatic carbocycles. The van der Waals surface area contributed by atoms with Crippen LogP contribution >= 0.6 is 0 Å². The lowest BCUT2D eigenvalue weighted by Crippen LogP contribution is -2.30. The second-order valence-electron chi connectivity index (χ2n) is 5.31. The smallest absolute Gasteiger partial charge is 0.120 e. The van der Waals surface area contributed by atoms with Crippen molar-refractivity contribution >= 4 is 0 Å². The zero-order valence-corrected chi connectivity index (χ0v) is 11.2. The third-order valence-electron chi connectivity index (χ3n) is 3.86. The van der Waals surface area contributed by atoms with E-state index in [1.165, 1.54) is 37.7 Å². The Labute approximate surface area is 114 Å². The van der Waals surface area contributed by atoms with Gasteiger partial charge in [0.25, 0.3) is 0 Å². The van der Waals surface area contributed by atoms with Crippen LogP contribution in [-0.2, 0) is 6.54 Å². The number of aromatic nitrogens is 2. The number of nitrogens with one attached hydrogen (secondary N) is 2. The Bertz CT molecular complexity index is 498. The van der Waals surface area contributed by atoms with Crippen LogP contribution in [-0.4, -0.2) is 16.0 Å². The van der Waals surface area contributed by atoms with Crippen LogP contribution in [0.3, 0.4) is 0 Å². The molecule has 1 heterocycles. The predicted molar refractivity (Wildman–Crippen MR) is 77.7 cm³/mol. The minimum atomic E-state index is 0.680. The van der Waals surface area contributed by atoms with Gasteiger partial charge in [-0.3, -0.25) is 0 Å². The van der Waals surface area contributed by atoms with Gasteiger partial charge in [-0.1, -0.05) is 49.6 Å². The van der Waals surface area contributed by atoms with Gasteiger partial charge in [0.1, 0.15) is 5.82 Å². The van der Waals surface area contributed by atoms with Crippen LogP contribution in [0.1, 0.15) is 37.9 Å². The van der Waals surface area contributed by atoms with Crippen molar-refractivity contribution in [1.29, 1.82) is 0 Å². The molecule has 100 valence electrons. The summed E-state index contributed by atoms with van der Waals surface area (Å²) in [5.41, 5.74) is 2.20. The Morgan fingerprint density at radius 3 is 2.68 bits per heavy atom. The Morgan fingerprint density at radius 1 is 1.11 bits per heavy atom. The van der Waals surface area contributed by atoms with Crippen LogP contribution < -0.4 is 5.32 Å². The molecule has 0 saturated heterocycles. The first kappa shape index (κ1) is 12.4. The summed E-state index contributed by atoms with van der Waals surface area (Å²) in [5.74, 6) is 1.03. The molecular weight excluding hydrogens is 234 g/mol. The van der Waals surface area contributed by atoms with Crippen molar-refractivity contribution in [2.24, 2.45) is 0 Å². The van der Waals surface area contributed by atoms with Crippen molar-refractivity contribution in [1.82, 2.24) is 15.3 Å². The van der Waals surface area contributed by atoms with Crippen LogP contribution in [0.2, 0.25) is 0 Å². The van der Waals surface area contributed by atoms with E-state index in [-0.39, 0.29) is 0 Å². The normalized spacial score (nSPS) is 16.6. The third kappa shape index (κ3) is 3.24. The fourth-order valence-electron chi connectivity index (χ4n) is 2.76. The topological polar surface area (TPSA) is 40.7 Å². The fraction of sp³-hybridized carbons (Fsp3) is 0.438. The number of imidazole rings is 1. The Kier molecular flexibility index (Phi) is 3.94. The summed E-state index contributed by atoms with van der Waals surface area (Å²) in [5, 5.41) is 3.61. The second kappa shape index (κ2) is 6.02. The highest BCUT2D eigenvalue weighted by Gasteiger charge is 2.13. The standard InChI is InChI=1S/C16H21N3/c1-3-7-13(8-4-1)15-11-18-16(19-15)12-17-14-9-5-2-6-10-14/h1,3-4,7-8,11,14,17H,2,5-6,9-10,12H2,(H,18,19). The molecule has 0 radical (unpaired) electrons. The van der Waals surface area contributed by atoms with Crippen LogP contribution in [0.15, 0.2) is 36.5 Å². The molecule has 19 heavy (non-hydrogen) atoms. The number of benzene rings is 1. The summed E-state index contributed by atoms with van der Waals surface area (Å²) in [7, 11) is 0. The van der Waals surface area contributed by atoms with Crippen LogP contribution in [0.25, 0.3) is 11.3 Å². The molecular formula is C16H21N3. The zero-order chi connectivity index (χ0) is 12.9. The van der Waals surface area contributed by atoms with E-state index in [0.717, 1.165) is 18.1 Å². The summed E-state index contributed by atoms with van der Waals surface area (Å²) in [6, 6.07) is 11.0. The second-order valence-corrected chi connectivity index (χ2v) is 5.31. The molecule has 3 nitrogen and oxygen atoms in total. The summed E-state index contributed by atoms with van der Waals surface area (Å²) < 4.78 is 0. The van der Waals surface area contributed by atoms with Crippen molar-refractivity contribution in [2.45, 2.75) is 44.7 Å². The van der Waals surface area contributed by atoms with Crippen LogP contribution in [0.5, 0.6) is 0 Å². The minimum absolute atomic E-state index is 0.680. The summed E-state index contributed by atoms with van der Waals surface area (Å²) in [6.07, 6.45) is 8.75. The van der Waals surface area contributed by atoms with Crippen LogP contribution in [0, 0.1) is 0 Å². The van der Waals surface area contributed by atoms with Crippen molar-refractivity contribution in [3.05, 3.63) is 42.4 Å².